The summed E-state index contributed by atoms with van der Waals surface area (Å²) in [7, 11) is 1.90. The summed E-state index contributed by atoms with van der Waals surface area (Å²) in [6, 6.07) is 7.71. The van der Waals surface area contributed by atoms with Gasteiger partial charge in [-0.1, -0.05) is 23.7 Å². The largest absolute Gasteiger partial charge is 0.314 e. The molecule has 0 amide bonds. The van der Waals surface area contributed by atoms with Crippen molar-refractivity contribution in [3.05, 3.63) is 47.5 Å². The van der Waals surface area contributed by atoms with Crippen LogP contribution in [0.5, 0.6) is 0 Å². The van der Waals surface area contributed by atoms with Gasteiger partial charge in [0.15, 0.2) is 0 Å². The number of aromatic nitrogens is 2. The summed E-state index contributed by atoms with van der Waals surface area (Å²) in [5, 5.41) is 3.78. The van der Waals surface area contributed by atoms with Crippen LogP contribution in [0.1, 0.15) is 5.69 Å². The zero-order valence-electron chi connectivity index (χ0n) is 8.44. The summed E-state index contributed by atoms with van der Waals surface area (Å²) in [4.78, 5) is 4.27. The van der Waals surface area contributed by atoms with Gasteiger partial charge in [0.25, 0.3) is 0 Å². The summed E-state index contributed by atoms with van der Waals surface area (Å²) in [5.41, 5.74) is 1.95. The van der Waals surface area contributed by atoms with E-state index in [1.807, 2.05) is 42.1 Å². The zero-order valence-corrected chi connectivity index (χ0v) is 9.20. The topological polar surface area (TPSA) is 29.9 Å². The molecule has 2 aromatic rings. The number of hydrogen-bond acceptors (Lipinski definition) is 2. The highest BCUT2D eigenvalue weighted by Crippen LogP contribution is 2.19. The first kappa shape index (κ1) is 10.2. The fraction of sp³-hybridized carbons (Fsp3) is 0.182. The second-order valence-electron chi connectivity index (χ2n) is 3.25. The van der Waals surface area contributed by atoms with Gasteiger partial charge in [-0.2, -0.15) is 0 Å². The molecular weight excluding hydrogens is 210 g/mol. The lowest BCUT2D eigenvalue weighted by Crippen LogP contribution is -2.04. The Morgan fingerprint density at radius 3 is 2.93 bits per heavy atom. The Morgan fingerprint density at radius 2 is 2.20 bits per heavy atom. The van der Waals surface area contributed by atoms with Crippen LogP contribution in [0.2, 0.25) is 5.02 Å². The number of para-hydroxylation sites is 1. The third-order valence-corrected chi connectivity index (χ3v) is 2.44. The SMILES string of the molecule is CNCc1cn(-c2ccccc2Cl)cn1. The Morgan fingerprint density at radius 1 is 1.40 bits per heavy atom. The molecule has 1 aromatic carbocycles. The van der Waals surface area contributed by atoms with Crippen LogP contribution in [0.25, 0.3) is 5.69 Å². The molecule has 0 saturated heterocycles. The van der Waals surface area contributed by atoms with Gasteiger partial charge in [-0.3, -0.25) is 0 Å². The van der Waals surface area contributed by atoms with E-state index in [2.05, 4.69) is 10.3 Å². The van der Waals surface area contributed by atoms with E-state index in [4.69, 9.17) is 11.6 Å². The monoisotopic (exact) mass is 221 g/mol. The molecule has 1 heterocycles. The highest BCUT2D eigenvalue weighted by molar-refractivity contribution is 6.32. The van der Waals surface area contributed by atoms with Crippen molar-refractivity contribution >= 4 is 11.6 Å². The third-order valence-electron chi connectivity index (χ3n) is 2.12. The van der Waals surface area contributed by atoms with Gasteiger partial charge in [0, 0.05) is 12.7 Å². The maximum atomic E-state index is 6.08. The van der Waals surface area contributed by atoms with Gasteiger partial charge in [-0.15, -0.1) is 0 Å². The Labute approximate surface area is 93.7 Å². The zero-order chi connectivity index (χ0) is 10.7. The maximum absolute atomic E-state index is 6.08. The average molecular weight is 222 g/mol. The molecule has 0 radical (unpaired) electrons. The van der Waals surface area contributed by atoms with E-state index < -0.39 is 0 Å². The molecule has 0 saturated carbocycles. The average Bonchev–Trinajstić information content (AvgIpc) is 2.68. The van der Waals surface area contributed by atoms with E-state index in [9.17, 15) is 0 Å². The molecule has 0 fully saturated rings. The number of imidazole rings is 1. The summed E-state index contributed by atoms with van der Waals surface area (Å²) in [6.45, 7) is 0.761. The van der Waals surface area contributed by atoms with Gasteiger partial charge in [0.2, 0.25) is 0 Å². The van der Waals surface area contributed by atoms with Gasteiger partial charge in [0.05, 0.1) is 22.7 Å². The van der Waals surface area contributed by atoms with Crippen LogP contribution in [0, 0.1) is 0 Å². The molecule has 0 aliphatic carbocycles. The maximum Gasteiger partial charge on any atom is 0.0996 e. The van der Waals surface area contributed by atoms with Gasteiger partial charge in [-0.25, -0.2) is 4.98 Å². The fourth-order valence-electron chi connectivity index (χ4n) is 1.43. The molecule has 0 unspecified atom stereocenters. The van der Waals surface area contributed by atoms with Crippen LogP contribution in [0.4, 0.5) is 0 Å². The van der Waals surface area contributed by atoms with Crippen LogP contribution >= 0.6 is 11.6 Å². The van der Waals surface area contributed by atoms with Crippen LogP contribution in [-0.4, -0.2) is 16.6 Å². The van der Waals surface area contributed by atoms with Gasteiger partial charge >= 0.3 is 0 Å². The molecule has 1 aromatic heterocycles. The minimum atomic E-state index is 0.728. The number of hydrogen-bond donors (Lipinski definition) is 1. The van der Waals surface area contributed by atoms with Gasteiger partial charge in [-0.05, 0) is 19.2 Å². The van der Waals surface area contributed by atoms with E-state index in [0.717, 1.165) is 22.9 Å². The molecule has 15 heavy (non-hydrogen) atoms. The van der Waals surface area contributed by atoms with Crippen LogP contribution in [0.3, 0.4) is 0 Å². The van der Waals surface area contributed by atoms with Gasteiger partial charge < -0.3 is 9.88 Å². The van der Waals surface area contributed by atoms with E-state index in [1.165, 1.54) is 0 Å². The molecule has 0 spiro atoms. The summed E-state index contributed by atoms with van der Waals surface area (Å²) < 4.78 is 1.93. The van der Waals surface area contributed by atoms with Crippen molar-refractivity contribution in [2.24, 2.45) is 0 Å². The molecule has 0 aliphatic rings. The molecular formula is C11H12ClN3. The molecule has 0 atom stereocenters. The lowest BCUT2D eigenvalue weighted by molar-refractivity contribution is 0.796. The van der Waals surface area contributed by atoms with Crippen molar-refractivity contribution in [3.8, 4) is 5.69 Å². The van der Waals surface area contributed by atoms with Gasteiger partial charge in [0.1, 0.15) is 0 Å². The van der Waals surface area contributed by atoms with E-state index in [0.29, 0.717) is 0 Å². The lowest BCUT2D eigenvalue weighted by Gasteiger charge is -2.03. The summed E-state index contributed by atoms with van der Waals surface area (Å²) >= 11 is 6.08. The van der Waals surface area contributed by atoms with Crippen molar-refractivity contribution in [2.45, 2.75) is 6.54 Å². The predicted molar refractivity (Wildman–Crippen MR) is 61.3 cm³/mol. The summed E-state index contributed by atoms with van der Waals surface area (Å²) in [6.07, 6.45) is 3.74. The van der Waals surface area contributed by atoms with Crippen molar-refractivity contribution in [1.29, 1.82) is 0 Å². The molecule has 1 N–H and O–H groups in total. The van der Waals surface area contributed by atoms with Crippen molar-refractivity contribution in [1.82, 2.24) is 14.9 Å². The molecule has 0 bridgehead atoms. The Bertz CT molecular complexity index is 451. The predicted octanol–water partition coefficient (Wildman–Crippen LogP) is 2.25. The molecule has 2 rings (SSSR count). The first-order valence-corrected chi connectivity index (χ1v) is 5.11. The third kappa shape index (κ3) is 2.19. The smallest absolute Gasteiger partial charge is 0.0996 e. The number of halogens is 1. The molecule has 3 nitrogen and oxygen atoms in total. The Hall–Kier alpha value is -1.32. The standard InChI is InChI=1S/C11H12ClN3/c1-13-6-9-7-15(8-14-9)11-5-3-2-4-10(11)12/h2-5,7-8,13H,6H2,1H3. The van der Waals surface area contributed by atoms with E-state index >= 15 is 0 Å². The van der Waals surface area contributed by atoms with Crippen LogP contribution in [0.15, 0.2) is 36.8 Å². The van der Waals surface area contributed by atoms with Crippen molar-refractivity contribution in [3.63, 3.8) is 0 Å². The van der Waals surface area contributed by atoms with Crippen LogP contribution < -0.4 is 5.32 Å². The number of benzene rings is 1. The van der Waals surface area contributed by atoms with E-state index in [-0.39, 0.29) is 0 Å². The van der Waals surface area contributed by atoms with E-state index in [1.54, 1.807) is 6.33 Å². The molecule has 4 heteroatoms. The minimum Gasteiger partial charge on any atom is -0.314 e. The highest BCUT2D eigenvalue weighted by atomic mass is 35.5. The quantitative estimate of drug-likeness (QED) is 0.862. The normalized spacial score (nSPS) is 10.5. The number of nitrogens with one attached hydrogen (secondary N) is 1. The lowest BCUT2D eigenvalue weighted by atomic mass is 10.3. The first-order chi connectivity index (χ1) is 7.31. The Kier molecular flexibility index (Phi) is 3.04. The second-order valence-corrected chi connectivity index (χ2v) is 3.66. The second kappa shape index (κ2) is 4.47. The Balaban J connectivity index is 2.33. The van der Waals surface area contributed by atoms with Crippen LogP contribution in [-0.2, 0) is 6.54 Å². The number of nitrogens with zero attached hydrogens (tertiary/aromatic N) is 2. The molecule has 0 aliphatic heterocycles. The number of rotatable bonds is 3. The van der Waals surface area contributed by atoms with Crippen molar-refractivity contribution in [2.75, 3.05) is 7.05 Å². The molecule has 78 valence electrons. The highest BCUT2D eigenvalue weighted by Gasteiger charge is 2.02. The first-order valence-electron chi connectivity index (χ1n) is 4.73. The van der Waals surface area contributed by atoms with Crippen molar-refractivity contribution < 1.29 is 0 Å². The fourth-order valence-corrected chi connectivity index (χ4v) is 1.66. The minimum absolute atomic E-state index is 0.728. The summed E-state index contributed by atoms with van der Waals surface area (Å²) in [5.74, 6) is 0.